The second-order valence-corrected chi connectivity index (χ2v) is 17.6. The summed E-state index contributed by atoms with van der Waals surface area (Å²) < 4.78 is 31.2. The van der Waals surface area contributed by atoms with E-state index in [9.17, 15) is 0 Å². The molecule has 6 saturated carbocycles. The molecule has 356 valence electrons. The van der Waals surface area contributed by atoms with Gasteiger partial charge in [-0.25, -0.2) is 0 Å². The van der Waals surface area contributed by atoms with Crippen LogP contribution >= 0.6 is 0 Å². The molecule has 3 aromatic rings. The van der Waals surface area contributed by atoms with Crippen LogP contribution in [0.1, 0.15) is 146 Å². The van der Waals surface area contributed by atoms with Crippen LogP contribution in [-0.4, -0.2) is 58.0 Å². The Kier molecular flexibility index (Phi) is 27.4. The summed E-state index contributed by atoms with van der Waals surface area (Å²) in [6.45, 7) is 20.9. The van der Waals surface area contributed by atoms with Crippen LogP contribution in [0.15, 0.2) is 91.0 Å². The quantitative estimate of drug-likeness (QED) is 0.200. The molecule has 0 amide bonds. The lowest BCUT2D eigenvalue weighted by Crippen LogP contribution is -2.15. The van der Waals surface area contributed by atoms with Crippen molar-refractivity contribution >= 4 is 0 Å². The van der Waals surface area contributed by atoms with E-state index in [1.54, 1.807) is 77.0 Å². The van der Waals surface area contributed by atoms with Crippen LogP contribution in [0.5, 0.6) is 17.2 Å². The van der Waals surface area contributed by atoms with E-state index in [2.05, 4.69) is 13.8 Å². The number of rotatable bonds is 9. The summed E-state index contributed by atoms with van der Waals surface area (Å²) >= 11 is 0. The molecule has 3 heterocycles. The predicted molar refractivity (Wildman–Crippen MR) is 265 cm³/mol. The fourth-order valence-corrected chi connectivity index (χ4v) is 10.6. The summed E-state index contributed by atoms with van der Waals surface area (Å²) in [5, 5.41) is 0. The SMILES string of the molecule is C.C1CC2C3CCC(C3)C2C1.C1CC2C3CCC(C3)C2C1.CC.CC.CC.CCC.c1ccc(OCC2CO2)cc1.c1ccc(OCC2CO2)cc1.c1ccc(OCC2CO2)cc1. The minimum atomic E-state index is 0. The molecule has 4 bridgehead atoms. The van der Waals surface area contributed by atoms with Crippen LogP contribution in [0.2, 0.25) is 0 Å². The molecule has 12 rings (SSSR count). The smallest absolute Gasteiger partial charge is 0.119 e. The second-order valence-electron chi connectivity index (χ2n) is 17.6. The Morgan fingerprint density at radius 2 is 0.619 bits per heavy atom. The topological polar surface area (TPSA) is 65.3 Å². The molecule has 6 heteroatoms. The van der Waals surface area contributed by atoms with Crippen LogP contribution in [0.25, 0.3) is 0 Å². The van der Waals surface area contributed by atoms with Crippen molar-refractivity contribution in [3.05, 3.63) is 91.0 Å². The zero-order valence-corrected chi connectivity index (χ0v) is 40.4. The van der Waals surface area contributed by atoms with Gasteiger partial charge in [-0.3, -0.25) is 0 Å². The molecule has 0 N–H and O–H groups in total. The number of fused-ring (bicyclic) bond motifs is 10. The van der Waals surface area contributed by atoms with Gasteiger partial charge in [0.15, 0.2) is 0 Å². The standard InChI is InChI=1S/2C10H16.3C9H10O2.C3H8.3C2H6.CH4/c2*1-2-9-7-4-5-8(6-7)10(9)3-1;3*1-2-4-8(5-3-1)10-6-9-7-11-9;1-3-2;3*1-2;/h2*7-10H,1-6H2;3*1-5,9H,6-7H2;3H2,1-2H3;3*1-2H3;1H4. The van der Waals surface area contributed by atoms with Crippen LogP contribution < -0.4 is 14.2 Å². The Balaban J connectivity index is 0.000000199. The molecule has 3 aliphatic heterocycles. The molecule has 63 heavy (non-hydrogen) atoms. The van der Waals surface area contributed by atoms with Crippen LogP contribution in [0.4, 0.5) is 0 Å². The number of benzene rings is 3. The van der Waals surface area contributed by atoms with Gasteiger partial charge in [0.2, 0.25) is 0 Å². The van der Waals surface area contributed by atoms with E-state index in [-0.39, 0.29) is 7.43 Å². The predicted octanol–water partition coefficient (Wildman–Crippen LogP) is 15.2. The maximum Gasteiger partial charge on any atom is 0.119 e. The van der Waals surface area contributed by atoms with Crippen molar-refractivity contribution < 1.29 is 28.4 Å². The summed E-state index contributed by atoms with van der Waals surface area (Å²) in [7, 11) is 0. The highest BCUT2D eigenvalue weighted by Crippen LogP contribution is 2.59. The third-order valence-corrected chi connectivity index (χ3v) is 13.4. The molecule has 11 unspecified atom stereocenters. The van der Waals surface area contributed by atoms with E-state index in [0.717, 1.165) is 37.1 Å². The lowest BCUT2D eigenvalue weighted by Gasteiger charge is -2.23. The lowest BCUT2D eigenvalue weighted by molar-refractivity contribution is 0.259. The Morgan fingerprint density at radius 1 is 0.397 bits per heavy atom. The van der Waals surface area contributed by atoms with Crippen molar-refractivity contribution in [3.8, 4) is 17.2 Å². The fraction of sp³-hybridized carbons (Fsp3) is 0.684. The maximum atomic E-state index is 5.40. The first kappa shape index (κ1) is 54.3. The zero-order chi connectivity index (χ0) is 44.4. The van der Waals surface area contributed by atoms with Gasteiger partial charge in [-0.1, -0.05) is 137 Å². The van der Waals surface area contributed by atoms with Gasteiger partial charge < -0.3 is 28.4 Å². The fourth-order valence-electron chi connectivity index (χ4n) is 10.6. The molecule has 0 spiro atoms. The molecular formula is C57H92O6. The minimum Gasteiger partial charge on any atom is -0.491 e. The molecule has 6 nitrogen and oxygen atoms in total. The van der Waals surface area contributed by atoms with Crippen molar-refractivity contribution in [3.63, 3.8) is 0 Å². The summed E-state index contributed by atoms with van der Waals surface area (Å²) in [6, 6.07) is 29.4. The van der Waals surface area contributed by atoms with E-state index in [1.807, 2.05) is 133 Å². The van der Waals surface area contributed by atoms with Crippen molar-refractivity contribution in [1.82, 2.24) is 0 Å². The highest BCUT2D eigenvalue weighted by atomic mass is 16.6. The molecule has 0 radical (unpaired) electrons. The normalized spacial score (nSPS) is 30.0. The van der Waals surface area contributed by atoms with Gasteiger partial charge >= 0.3 is 0 Å². The summed E-state index contributed by atoms with van der Waals surface area (Å²) in [5.41, 5.74) is 0. The Morgan fingerprint density at radius 3 is 0.825 bits per heavy atom. The van der Waals surface area contributed by atoms with E-state index in [1.165, 1.54) is 53.8 Å². The maximum absolute atomic E-state index is 5.40. The van der Waals surface area contributed by atoms with Crippen LogP contribution in [0.3, 0.4) is 0 Å². The number of hydrogen-bond acceptors (Lipinski definition) is 6. The van der Waals surface area contributed by atoms with Crippen LogP contribution in [-0.2, 0) is 14.2 Å². The van der Waals surface area contributed by atoms with E-state index >= 15 is 0 Å². The van der Waals surface area contributed by atoms with Crippen molar-refractivity contribution in [2.75, 3.05) is 39.6 Å². The van der Waals surface area contributed by atoms with Crippen molar-refractivity contribution in [2.24, 2.45) is 47.3 Å². The van der Waals surface area contributed by atoms with Gasteiger partial charge in [0, 0.05) is 0 Å². The average Bonchev–Trinajstić information content (AvgIpc) is 4.25. The molecule has 3 saturated heterocycles. The first-order valence-corrected chi connectivity index (χ1v) is 25.5. The second kappa shape index (κ2) is 31.8. The van der Waals surface area contributed by atoms with Crippen molar-refractivity contribution in [2.45, 2.75) is 165 Å². The van der Waals surface area contributed by atoms with Crippen molar-refractivity contribution in [1.29, 1.82) is 0 Å². The van der Waals surface area contributed by atoms with E-state index < -0.39 is 0 Å². The van der Waals surface area contributed by atoms with E-state index in [0.29, 0.717) is 38.1 Å². The molecular weight excluding hydrogens is 781 g/mol. The Hall–Kier alpha value is -3.06. The first-order valence-electron chi connectivity index (χ1n) is 25.5. The van der Waals surface area contributed by atoms with Gasteiger partial charge in [-0.15, -0.1) is 0 Å². The Labute approximate surface area is 386 Å². The third kappa shape index (κ3) is 19.5. The number of ether oxygens (including phenoxy) is 6. The van der Waals surface area contributed by atoms with Crippen LogP contribution in [0, 0.1) is 47.3 Å². The monoisotopic (exact) mass is 873 g/mol. The highest BCUT2D eigenvalue weighted by Gasteiger charge is 2.49. The molecule has 6 aliphatic carbocycles. The van der Waals surface area contributed by atoms with E-state index in [4.69, 9.17) is 28.4 Å². The van der Waals surface area contributed by atoms with Gasteiger partial charge in [-0.05, 0) is 148 Å². The number of epoxide rings is 3. The molecule has 0 aromatic heterocycles. The summed E-state index contributed by atoms with van der Waals surface area (Å²) in [5.74, 6) is 12.4. The average molecular weight is 873 g/mol. The first-order chi connectivity index (χ1) is 30.7. The lowest BCUT2D eigenvalue weighted by atomic mass is 9.82. The molecule has 9 aliphatic rings. The minimum absolute atomic E-state index is 0. The Bertz CT molecular complexity index is 1300. The third-order valence-electron chi connectivity index (χ3n) is 13.4. The zero-order valence-electron chi connectivity index (χ0n) is 40.4. The molecule has 11 atom stereocenters. The van der Waals surface area contributed by atoms with Gasteiger partial charge in [0.05, 0.1) is 19.8 Å². The van der Waals surface area contributed by atoms with Gasteiger partial charge in [-0.2, -0.15) is 0 Å². The van der Waals surface area contributed by atoms with Gasteiger partial charge in [0.1, 0.15) is 55.4 Å². The largest absolute Gasteiger partial charge is 0.491 e. The summed E-state index contributed by atoms with van der Waals surface area (Å²) in [6.07, 6.45) is 21.3. The number of para-hydroxylation sites is 3. The highest BCUT2D eigenvalue weighted by molar-refractivity contribution is 5.22. The van der Waals surface area contributed by atoms with Gasteiger partial charge in [0.25, 0.3) is 0 Å². The number of hydrogen-bond donors (Lipinski definition) is 0. The molecule has 3 aromatic carbocycles. The molecule has 9 fully saturated rings. The summed E-state index contributed by atoms with van der Waals surface area (Å²) in [4.78, 5) is 0.